The SMILES string of the molecule is CC(O)c1ccc(NC(=O)N2CCN(C3CC3)CC2)cc1. The van der Waals surface area contributed by atoms with Crippen LogP contribution in [0.3, 0.4) is 0 Å². The molecule has 1 saturated carbocycles. The van der Waals surface area contributed by atoms with Gasteiger partial charge in [0.25, 0.3) is 0 Å². The number of piperazine rings is 1. The highest BCUT2D eigenvalue weighted by atomic mass is 16.3. The van der Waals surface area contributed by atoms with E-state index in [0.29, 0.717) is 0 Å². The maximum absolute atomic E-state index is 12.2. The second-order valence-electron chi connectivity index (χ2n) is 5.98. The minimum atomic E-state index is -0.481. The molecule has 1 aromatic carbocycles. The molecular weight excluding hydrogens is 266 g/mol. The van der Waals surface area contributed by atoms with E-state index in [1.54, 1.807) is 6.92 Å². The molecule has 2 aliphatic rings. The third kappa shape index (κ3) is 3.54. The molecular formula is C16H23N3O2. The number of carbonyl (C=O) groups excluding carboxylic acids is 1. The molecule has 2 amide bonds. The number of amides is 2. The summed E-state index contributed by atoms with van der Waals surface area (Å²) in [6.07, 6.45) is 2.16. The second kappa shape index (κ2) is 6.03. The van der Waals surface area contributed by atoms with Gasteiger partial charge in [-0.05, 0) is 37.5 Å². The van der Waals surface area contributed by atoms with Gasteiger partial charge in [-0.3, -0.25) is 4.90 Å². The highest BCUT2D eigenvalue weighted by Gasteiger charge is 2.32. The first-order chi connectivity index (χ1) is 10.1. The largest absolute Gasteiger partial charge is 0.389 e. The van der Waals surface area contributed by atoms with E-state index in [1.165, 1.54) is 12.8 Å². The number of nitrogens with one attached hydrogen (secondary N) is 1. The summed E-state index contributed by atoms with van der Waals surface area (Å²) in [5, 5.41) is 12.4. The van der Waals surface area contributed by atoms with Crippen molar-refractivity contribution in [3.8, 4) is 0 Å². The lowest BCUT2D eigenvalue weighted by Gasteiger charge is -2.34. The first-order valence-corrected chi connectivity index (χ1v) is 7.71. The quantitative estimate of drug-likeness (QED) is 0.895. The molecule has 5 nitrogen and oxygen atoms in total. The molecule has 21 heavy (non-hydrogen) atoms. The minimum Gasteiger partial charge on any atom is -0.389 e. The fourth-order valence-electron chi connectivity index (χ4n) is 2.78. The van der Waals surface area contributed by atoms with Crippen LogP contribution >= 0.6 is 0 Å². The van der Waals surface area contributed by atoms with Crippen LogP contribution in [0, 0.1) is 0 Å². The second-order valence-corrected chi connectivity index (χ2v) is 5.98. The summed E-state index contributed by atoms with van der Waals surface area (Å²) in [7, 11) is 0. The summed E-state index contributed by atoms with van der Waals surface area (Å²) >= 11 is 0. The first-order valence-electron chi connectivity index (χ1n) is 7.71. The van der Waals surface area contributed by atoms with Crippen LogP contribution in [-0.2, 0) is 0 Å². The van der Waals surface area contributed by atoms with Gasteiger partial charge in [-0.15, -0.1) is 0 Å². The average molecular weight is 289 g/mol. The van der Waals surface area contributed by atoms with Crippen LogP contribution in [0.15, 0.2) is 24.3 Å². The smallest absolute Gasteiger partial charge is 0.321 e. The van der Waals surface area contributed by atoms with Gasteiger partial charge in [0, 0.05) is 37.9 Å². The molecule has 2 N–H and O–H groups in total. The Morgan fingerprint density at radius 3 is 2.33 bits per heavy atom. The predicted octanol–water partition coefficient (Wildman–Crippen LogP) is 2.05. The van der Waals surface area contributed by atoms with E-state index in [-0.39, 0.29) is 6.03 Å². The minimum absolute atomic E-state index is 0.0322. The number of aliphatic hydroxyl groups is 1. The van der Waals surface area contributed by atoms with Crippen LogP contribution in [0.25, 0.3) is 0 Å². The number of benzene rings is 1. The van der Waals surface area contributed by atoms with Crippen LogP contribution in [0.2, 0.25) is 0 Å². The van der Waals surface area contributed by atoms with Crippen molar-refractivity contribution in [2.24, 2.45) is 0 Å². The lowest BCUT2D eigenvalue weighted by molar-refractivity contribution is 0.142. The number of carbonyl (C=O) groups is 1. The highest BCUT2D eigenvalue weighted by Crippen LogP contribution is 2.27. The van der Waals surface area contributed by atoms with Crippen molar-refractivity contribution in [2.45, 2.75) is 31.9 Å². The van der Waals surface area contributed by atoms with Gasteiger partial charge in [-0.1, -0.05) is 12.1 Å². The van der Waals surface area contributed by atoms with Crippen LogP contribution in [0.4, 0.5) is 10.5 Å². The van der Waals surface area contributed by atoms with Crippen molar-refractivity contribution in [2.75, 3.05) is 31.5 Å². The fourth-order valence-corrected chi connectivity index (χ4v) is 2.78. The van der Waals surface area contributed by atoms with E-state index in [2.05, 4.69) is 10.2 Å². The maximum Gasteiger partial charge on any atom is 0.321 e. The van der Waals surface area contributed by atoms with Crippen LogP contribution in [0.5, 0.6) is 0 Å². The molecule has 114 valence electrons. The fraction of sp³-hybridized carbons (Fsp3) is 0.562. The first kappa shape index (κ1) is 14.4. The zero-order valence-electron chi connectivity index (χ0n) is 12.5. The van der Waals surface area contributed by atoms with E-state index < -0.39 is 6.10 Å². The molecule has 0 spiro atoms. The van der Waals surface area contributed by atoms with Gasteiger partial charge in [0.1, 0.15) is 0 Å². The Kier molecular flexibility index (Phi) is 4.12. The highest BCUT2D eigenvalue weighted by molar-refractivity contribution is 5.89. The van der Waals surface area contributed by atoms with Gasteiger partial charge in [0.05, 0.1) is 6.10 Å². The average Bonchev–Trinajstić information content (AvgIpc) is 3.32. The Balaban J connectivity index is 1.51. The molecule has 1 unspecified atom stereocenters. The zero-order chi connectivity index (χ0) is 14.8. The lowest BCUT2D eigenvalue weighted by Crippen LogP contribution is -2.50. The van der Waals surface area contributed by atoms with Gasteiger partial charge < -0.3 is 15.3 Å². The van der Waals surface area contributed by atoms with Crippen molar-refractivity contribution in [1.29, 1.82) is 0 Å². The number of nitrogens with zero attached hydrogens (tertiary/aromatic N) is 2. The molecule has 1 saturated heterocycles. The number of anilines is 1. The molecule has 2 fully saturated rings. The predicted molar refractivity (Wildman–Crippen MR) is 82.3 cm³/mol. The summed E-state index contributed by atoms with van der Waals surface area (Å²) in [5.74, 6) is 0. The lowest BCUT2D eigenvalue weighted by atomic mass is 10.1. The van der Waals surface area contributed by atoms with Gasteiger partial charge in [0.15, 0.2) is 0 Å². The van der Waals surface area contributed by atoms with Gasteiger partial charge in [0.2, 0.25) is 0 Å². The Morgan fingerprint density at radius 1 is 1.19 bits per heavy atom. The van der Waals surface area contributed by atoms with Crippen molar-refractivity contribution < 1.29 is 9.90 Å². The standard InChI is InChI=1S/C16H23N3O2/c1-12(20)13-2-4-14(5-3-13)17-16(21)19-10-8-18(9-11-19)15-6-7-15/h2-5,12,15,20H,6-11H2,1H3,(H,17,21). The van der Waals surface area contributed by atoms with Gasteiger partial charge in [-0.25, -0.2) is 4.79 Å². The molecule has 1 aliphatic heterocycles. The zero-order valence-corrected chi connectivity index (χ0v) is 12.5. The summed E-state index contributed by atoms with van der Waals surface area (Å²) in [4.78, 5) is 16.6. The van der Waals surface area contributed by atoms with E-state index >= 15 is 0 Å². The number of hydrogen-bond donors (Lipinski definition) is 2. The maximum atomic E-state index is 12.2. The monoisotopic (exact) mass is 289 g/mol. The topological polar surface area (TPSA) is 55.8 Å². The van der Waals surface area contributed by atoms with Crippen molar-refractivity contribution in [3.05, 3.63) is 29.8 Å². The van der Waals surface area contributed by atoms with Crippen molar-refractivity contribution in [3.63, 3.8) is 0 Å². The van der Waals surface area contributed by atoms with E-state index in [9.17, 15) is 9.90 Å². The summed E-state index contributed by atoms with van der Waals surface area (Å²) < 4.78 is 0. The van der Waals surface area contributed by atoms with E-state index in [4.69, 9.17) is 0 Å². The molecule has 1 aliphatic carbocycles. The number of rotatable bonds is 3. The molecule has 0 bridgehead atoms. The summed E-state index contributed by atoms with van der Waals surface area (Å²) in [6.45, 7) is 5.30. The Morgan fingerprint density at radius 2 is 1.81 bits per heavy atom. The Labute approximate surface area is 125 Å². The third-order valence-corrected chi connectivity index (χ3v) is 4.31. The van der Waals surface area contributed by atoms with Crippen LogP contribution in [0.1, 0.15) is 31.4 Å². The molecule has 0 aromatic heterocycles. The number of hydrogen-bond acceptors (Lipinski definition) is 3. The van der Waals surface area contributed by atoms with Crippen LogP contribution < -0.4 is 5.32 Å². The van der Waals surface area contributed by atoms with Gasteiger partial charge in [-0.2, -0.15) is 0 Å². The molecule has 1 atom stereocenters. The number of urea groups is 1. The van der Waals surface area contributed by atoms with Gasteiger partial charge >= 0.3 is 6.03 Å². The van der Waals surface area contributed by atoms with E-state index in [1.807, 2.05) is 29.2 Å². The summed E-state index contributed by atoms with van der Waals surface area (Å²) in [5.41, 5.74) is 1.63. The normalized spacial score (nSPS) is 21.1. The molecule has 0 radical (unpaired) electrons. The molecule has 1 heterocycles. The van der Waals surface area contributed by atoms with Crippen molar-refractivity contribution in [1.82, 2.24) is 9.80 Å². The van der Waals surface area contributed by atoms with E-state index in [0.717, 1.165) is 43.5 Å². The molecule has 5 heteroatoms. The summed E-state index contributed by atoms with van der Waals surface area (Å²) in [6, 6.07) is 8.09. The molecule has 1 aromatic rings. The third-order valence-electron chi connectivity index (χ3n) is 4.31. The number of aliphatic hydroxyl groups excluding tert-OH is 1. The molecule has 3 rings (SSSR count). The van der Waals surface area contributed by atoms with Crippen molar-refractivity contribution >= 4 is 11.7 Å². The Bertz CT molecular complexity index is 489. The Hall–Kier alpha value is -1.59. The van der Waals surface area contributed by atoms with Crippen LogP contribution in [-0.4, -0.2) is 53.2 Å².